The largest absolute Gasteiger partial charge is 0.388 e. The molecular weight excluding hydrogens is 316 g/mol. The zero-order valence-electron chi connectivity index (χ0n) is 14.5. The number of aromatic nitrogens is 2. The quantitative estimate of drug-likeness (QED) is 0.788. The molecule has 0 unspecified atom stereocenters. The van der Waals surface area contributed by atoms with Gasteiger partial charge in [-0.15, -0.1) is 0 Å². The predicted octanol–water partition coefficient (Wildman–Crippen LogP) is 1.69. The number of hydrogen-bond donors (Lipinski definition) is 3. The van der Waals surface area contributed by atoms with Gasteiger partial charge >= 0.3 is 0 Å². The average molecular weight is 340 g/mol. The Hall–Kier alpha value is -2.31. The van der Waals surface area contributed by atoms with E-state index in [4.69, 9.17) is 0 Å². The molecule has 1 aromatic carbocycles. The van der Waals surface area contributed by atoms with Crippen LogP contribution in [-0.2, 0) is 0 Å². The lowest BCUT2D eigenvalue weighted by Crippen LogP contribution is -2.43. The standard InChI is InChI=1S/C19H24N4O2/c1-14-16(12-21-17(23-14)15-6-3-2-4-7-15)18(24)22-13-19(25)8-5-10-20-11-9-19/h2-4,6-7,12,20,25H,5,8-11,13H2,1H3,(H,22,24)/t19-/m0/s1. The first-order valence-corrected chi connectivity index (χ1v) is 8.68. The molecule has 0 spiro atoms. The molecule has 3 N–H and O–H groups in total. The van der Waals surface area contributed by atoms with E-state index in [0.29, 0.717) is 29.9 Å². The first-order valence-electron chi connectivity index (χ1n) is 8.68. The number of carbonyl (C=O) groups excluding carboxylic acids is 1. The van der Waals surface area contributed by atoms with Gasteiger partial charge in [-0.05, 0) is 39.3 Å². The number of amides is 1. The summed E-state index contributed by atoms with van der Waals surface area (Å²) < 4.78 is 0. The van der Waals surface area contributed by atoms with E-state index in [9.17, 15) is 9.90 Å². The van der Waals surface area contributed by atoms with Crippen molar-refractivity contribution in [1.82, 2.24) is 20.6 Å². The van der Waals surface area contributed by atoms with Crippen LogP contribution in [0.1, 0.15) is 35.3 Å². The third-order valence-electron chi connectivity index (χ3n) is 4.60. The maximum atomic E-state index is 12.5. The molecule has 2 aromatic rings. The van der Waals surface area contributed by atoms with Crippen molar-refractivity contribution in [3.05, 3.63) is 47.8 Å². The number of benzene rings is 1. The molecule has 1 aliphatic rings. The zero-order chi connectivity index (χ0) is 17.7. The highest BCUT2D eigenvalue weighted by atomic mass is 16.3. The van der Waals surface area contributed by atoms with Crippen LogP contribution in [0.4, 0.5) is 0 Å². The smallest absolute Gasteiger partial charge is 0.254 e. The third kappa shape index (κ3) is 4.41. The van der Waals surface area contributed by atoms with E-state index in [1.54, 1.807) is 13.1 Å². The number of aryl methyl sites for hydroxylation is 1. The van der Waals surface area contributed by atoms with Crippen molar-refractivity contribution in [2.45, 2.75) is 31.8 Å². The van der Waals surface area contributed by atoms with Crippen molar-refractivity contribution in [2.75, 3.05) is 19.6 Å². The maximum absolute atomic E-state index is 12.5. The second-order valence-electron chi connectivity index (χ2n) is 6.57. The number of carbonyl (C=O) groups is 1. The fourth-order valence-corrected chi connectivity index (χ4v) is 3.05. The van der Waals surface area contributed by atoms with Crippen molar-refractivity contribution in [3.63, 3.8) is 0 Å². The molecule has 6 nitrogen and oxygen atoms in total. The summed E-state index contributed by atoms with van der Waals surface area (Å²) in [6, 6.07) is 9.66. The molecule has 1 aliphatic heterocycles. The van der Waals surface area contributed by atoms with Crippen LogP contribution < -0.4 is 10.6 Å². The lowest BCUT2D eigenvalue weighted by molar-refractivity contribution is 0.0275. The number of nitrogens with zero attached hydrogens (tertiary/aromatic N) is 2. The molecule has 25 heavy (non-hydrogen) atoms. The third-order valence-corrected chi connectivity index (χ3v) is 4.60. The minimum atomic E-state index is -0.849. The van der Waals surface area contributed by atoms with Crippen molar-refractivity contribution in [1.29, 1.82) is 0 Å². The maximum Gasteiger partial charge on any atom is 0.254 e. The number of nitrogens with one attached hydrogen (secondary N) is 2. The monoisotopic (exact) mass is 340 g/mol. The molecule has 1 saturated heterocycles. The van der Waals surface area contributed by atoms with Gasteiger partial charge in [0.05, 0.1) is 16.9 Å². The molecule has 2 heterocycles. The van der Waals surface area contributed by atoms with Crippen LogP contribution >= 0.6 is 0 Å². The molecular formula is C19H24N4O2. The molecule has 0 aliphatic carbocycles. The van der Waals surface area contributed by atoms with E-state index < -0.39 is 5.60 Å². The highest BCUT2D eigenvalue weighted by molar-refractivity contribution is 5.95. The normalized spacial score (nSPS) is 20.7. The summed E-state index contributed by atoms with van der Waals surface area (Å²) in [5.74, 6) is 0.353. The van der Waals surface area contributed by atoms with Gasteiger partial charge in [-0.2, -0.15) is 0 Å². The van der Waals surface area contributed by atoms with Gasteiger partial charge in [0.2, 0.25) is 0 Å². The first kappa shape index (κ1) is 17.5. The van der Waals surface area contributed by atoms with E-state index in [1.165, 1.54) is 0 Å². The Morgan fingerprint density at radius 2 is 2.08 bits per heavy atom. The van der Waals surface area contributed by atoms with Crippen LogP contribution in [0.25, 0.3) is 11.4 Å². The predicted molar refractivity (Wildman–Crippen MR) is 96.2 cm³/mol. The molecule has 1 amide bonds. The Bertz CT molecular complexity index is 725. The Morgan fingerprint density at radius 1 is 1.28 bits per heavy atom. The molecule has 0 bridgehead atoms. The number of aliphatic hydroxyl groups is 1. The van der Waals surface area contributed by atoms with Crippen LogP contribution in [0, 0.1) is 6.92 Å². The minimum Gasteiger partial charge on any atom is -0.388 e. The molecule has 1 aromatic heterocycles. The van der Waals surface area contributed by atoms with Crippen molar-refractivity contribution >= 4 is 5.91 Å². The lowest BCUT2D eigenvalue weighted by atomic mass is 9.95. The SMILES string of the molecule is Cc1nc(-c2ccccc2)ncc1C(=O)NC[C@]1(O)CCCNCC1. The first-order chi connectivity index (χ1) is 12.1. The van der Waals surface area contributed by atoms with Crippen LogP contribution in [0.15, 0.2) is 36.5 Å². The van der Waals surface area contributed by atoms with E-state index >= 15 is 0 Å². The highest BCUT2D eigenvalue weighted by Gasteiger charge is 2.28. The second kappa shape index (κ2) is 7.72. The van der Waals surface area contributed by atoms with Gasteiger partial charge in [0, 0.05) is 18.3 Å². The van der Waals surface area contributed by atoms with Crippen LogP contribution in [0.2, 0.25) is 0 Å². The molecule has 1 atom stereocenters. The van der Waals surface area contributed by atoms with Gasteiger partial charge in [0.25, 0.3) is 5.91 Å². The van der Waals surface area contributed by atoms with E-state index in [1.807, 2.05) is 30.3 Å². The van der Waals surface area contributed by atoms with Gasteiger partial charge in [-0.3, -0.25) is 4.79 Å². The molecule has 3 rings (SSSR count). The molecule has 1 fully saturated rings. The molecule has 6 heteroatoms. The van der Waals surface area contributed by atoms with Crippen LogP contribution in [0.5, 0.6) is 0 Å². The summed E-state index contributed by atoms with van der Waals surface area (Å²) in [5.41, 5.74) is 1.13. The molecule has 132 valence electrons. The Labute approximate surface area is 147 Å². The zero-order valence-corrected chi connectivity index (χ0v) is 14.5. The molecule has 0 radical (unpaired) electrons. The Balaban J connectivity index is 1.68. The summed E-state index contributed by atoms with van der Waals surface area (Å²) in [5, 5.41) is 16.7. The van der Waals surface area contributed by atoms with Gasteiger partial charge in [-0.25, -0.2) is 9.97 Å². The number of hydrogen-bond acceptors (Lipinski definition) is 5. The lowest BCUT2D eigenvalue weighted by Gasteiger charge is -2.26. The summed E-state index contributed by atoms with van der Waals surface area (Å²) in [6.07, 6.45) is 3.78. The fraction of sp³-hybridized carbons (Fsp3) is 0.421. The second-order valence-corrected chi connectivity index (χ2v) is 6.57. The summed E-state index contributed by atoms with van der Waals surface area (Å²) in [7, 11) is 0. The van der Waals surface area contributed by atoms with Crippen molar-refractivity contribution in [3.8, 4) is 11.4 Å². The van der Waals surface area contributed by atoms with Gasteiger partial charge in [0.1, 0.15) is 0 Å². The van der Waals surface area contributed by atoms with Crippen LogP contribution in [0.3, 0.4) is 0 Å². The van der Waals surface area contributed by atoms with Crippen molar-refractivity contribution in [2.24, 2.45) is 0 Å². The van der Waals surface area contributed by atoms with E-state index in [0.717, 1.165) is 25.1 Å². The van der Waals surface area contributed by atoms with Gasteiger partial charge in [-0.1, -0.05) is 30.3 Å². The van der Waals surface area contributed by atoms with E-state index in [-0.39, 0.29) is 12.5 Å². The summed E-state index contributed by atoms with van der Waals surface area (Å²) in [6.45, 7) is 3.71. The van der Waals surface area contributed by atoms with Crippen LogP contribution in [-0.4, -0.2) is 46.2 Å². The fourth-order valence-electron chi connectivity index (χ4n) is 3.05. The number of rotatable bonds is 4. The molecule has 0 saturated carbocycles. The Morgan fingerprint density at radius 3 is 2.84 bits per heavy atom. The van der Waals surface area contributed by atoms with Gasteiger partial charge < -0.3 is 15.7 Å². The summed E-state index contributed by atoms with van der Waals surface area (Å²) >= 11 is 0. The summed E-state index contributed by atoms with van der Waals surface area (Å²) in [4.78, 5) is 21.2. The topological polar surface area (TPSA) is 87.1 Å². The highest BCUT2D eigenvalue weighted by Crippen LogP contribution is 2.19. The Kier molecular flexibility index (Phi) is 5.40. The van der Waals surface area contributed by atoms with E-state index in [2.05, 4.69) is 20.6 Å². The van der Waals surface area contributed by atoms with Crippen molar-refractivity contribution < 1.29 is 9.90 Å². The average Bonchev–Trinajstić information content (AvgIpc) is 2.85. The van der Waals surface area contributed by atoms with Gasteiger partial charge in [0.15, 0.2) is 5.82 Å². The minimum absolute atomic E-state index is 0.243.